The lowest BCUT2D eigenvalue weighted by molar-refractivity contribution is -0.137. The second kappa shape index (κ2) is 8.45. The van der Waals surface area contributed by atoms with Crippen molar-refractivity contribution in [3.05, 3.63) is 77.9 Å². The van der Waals surface area contributed by atoms with E-state index in [4.69, 9.17) is 0 Å². The van der Waals surface area contributed by atoms with Crippen LogP contribution in [0.5, 0.6) is 0 Å². The Balaban J connectivity index is 1.62. The first kappa shape index (κ1) is 21.8. The number of carbonyl (C=O) groups excluding carboxylic acids is 1. The van der Waals surface area contributed by atoms with Crippen molar-refractivity contribution < 1.29 is 26.4 Å². The van der Waals surface area contributed by atoms with Crippen molar-refractivity contribution in [2.24, 2.45) is 0 Å². The average molecular weight is 436 g/mol. The zero-order valence-electron chi connectivity index (χ0n) is 16.0. The molecule has 0 bridgehead atoms. The van der Waals surface area contributed by atoms with E-state index in [9.17, 15) is 26.4 Å². The number of carbonyl (C=O) groups is 1. The molecular formula is C21H19F3N2O3S. The van der Waals surface area contributed by atoms with Crippen molar-refractivity contribution in [1.29, 1.82) is 0 Å². The third-order valence-corrected chi connectivity index (χ3v) is 6.37. The minimum atomic E-state index is -4.43. The average Bonchev–Trinajstić information content (AvgIpc) is 2.71. The zero-order valence-corrected chi connectivity index (χ0v) is 16.8. The summed E-state index contributed by atoms with van der Waals surface area (Å²) in [4.78, 5) is 12.2. The molecule has 0 spiro atoms. The number of amides is 1. The lowest BCUT2D eigenvalue weighted by atomic mass is 10.1. The Morgan fingerprint density at radius 3 is 2.23 bits per heavy atom. The smallest absolute Gasteiger partial charge is 0.351 e. The monoisotopic (exact) mass is 436 g/mol. The number of alkyl halides is 3. The van der Waals surface area contributed by atoms with Gasteiger partial charge in [-0.3, -0.25) is 4.79 Å². The summed E-state index contributed by atoms with van der Waals surface area (Å²) in [7, 11) is -2.59. The summed E-state index contributed by atoms with van der Waals surface area (Å²) < 4.78 is 64.2. The van der Waals surface area contributed by atoms with E-state index >= 15 is 0 Å². The van der Waals surface area contributed by atoms with E-state index in [1.54, 1.807) is 24.3 Å². The van der Waals surface area contributed by atoms with Gasteiger partial charge < -0.3 is 5.32 Å². The van der Waals surface area contributed by atoms with Crippen LogP contribution in [-0.4, -0.2) is 32.2 Å². The van der Waals surface area contributed by atoms with E-state index in [0.717, 1.165) is 27.2 Å². The molecule has 0 aliphatic carbocycles. The van der Waals surface area contributed by atoms with E-state index < -0.39 is 34.2 Å². The molecule has 3 aromatic carbocycles. The second-order valence-electron chi connectivity index (χ2n) is 6.74. The van der Waals surface area contributed by atoms with Gasteiger partial charge in [0.1, 0.15) is 0 Å². The zero-order chi connectivity index (χ0) is 21.9. The number of hydrogen-bond acceptors (Lipinski definition) is 3. The SMILES string of the molecule is CN(CC(=O)NCc1ccc(C(F)(F)F)cc1)S(=O)(=O)c1ccc2ccccc2c1. The number of fused-ring (bicyclic) bond motifs is 1. The molecule has 0 radical (unpaired) electrons. The maximum Gasteiger partial charge on any atom is 0.416 e. The van der Waals surface area contributed by atoms with Crippen molar-refractivity contribution in [3.63, 3.8) is 0 Å². The molecule has 158 valence electrons. The maximum atomic E-state index is 12.8. The Morgan fingerprint density at radius 1 is 0.967 bits per heavy atom. The van der Waals surface area contributed by atoms with E-state index in [1.807, 2.05) is 12.1 Å². The highest BCUT2D eigenvalue weighted by molar-refractivity contribution is 7.89. The first-order valence-electron chi connectivity index (χ1n) is 8.95. The molecule has 0 aromatic heterocycles. The minimum Gasteiger partial charge on any atom is -0.351 e. The van der Waals surface area contributed by atoms with Gasteiger partial charge >= 0.3 is 6.18 Å². The molecule has 5 nitrogen and oxygen atoms in total. The molecule has 0 heterocycles. The topological polar surface area (TPSA) is 66.5 Å². The summed E-state index contributed by atoms with van der Waals surface area (Å²) in [6.07, 6.45) is -4.43. The summed E-state index contributed by atoms with van der Waals surface area (Å²) in [5.41, 5.74) is -0.310. The van der Waals surface area contributed by atoms with Crippen LogP contribution in [0.1, 0.15) is 11.1 Å². The van der Waals surface area contributed by atoms with Crippen LogP contribution >= 0.6 is 0 Å². The molecule has 0 saturated heterocycles. The summed E-state index contributed by atoms with van der Waals surface area (Å²) in [6, 6.07) is 16.4. The van der Waals surface area contributed by atoms with Crippen LogP contribution in [0.25, 0.3) is 10.8 Å². The quantitative estimate of drug-likeness (QED) is 0.639. The highest BCUT2D eigenvalue weighted by atomic mass is 32.2. The van der Waals surface area contributed by atoms with Gasteiger partial charge in [0.15, 0.2) is 0 Å². The number of rotatable bonds is 6. The number of sulfonamides is 1. The Bertz CT molecular complexity index is 1160. The van der Waals surface area contributed by atoms with Crippen LogP contribution < -0.4 is 5.32 Å². The van der Waals surface area contributed by atoms with Gasteiger partial charge in [0.25, 0.3) is 0 Å². The van der Waals surface area contributed by atoms with Gasteiger partial charge in [0, 0.05) is 13.6 Å². The normalized spacial score (nSPS) is 12.3. The third-order valence-electron chi connectivity index (χ3n) is 4.57. The molecule has 0 fully saturated rings. The van der Waals surface area contributed by atoms with Crippen LogP contribution in [-0.2, 0) is 27.5 Å². The van der Waals surface area contributed by atoms with Gasteiger partial charge in [0.2, 0.25) is 15.9 Å². The summed E-state index contributed by atoms with van der Waals surface area (Å²) >= 11 is 0. The molecule has 0 aliphatic rings. The number of likely N-dealkylation sites (N-methyl/N-ethyl adjacent to an activating group) is 1. The summed E-state index contributed by atoms with van der Waals surface area (Å²) in [5, 5.41) is 4.17. The number of benzene rings is 3. The maximum absolute atomic E-state index is 12.8. The van der Waals surface area contributed by atoms with E-state index in [2.05, 4.69) is 5.32 Å². The lowest BCUT2D eigenvalue weighted by Crippen LogP contribution is -2.38. The van der Waals surface area contributed by atoms with E-state index in [1.165, 1.54) is 25.2 Å². The second-order valence-corrected chi connectivity index (χ2v) is 8.79. The highest BCUT2D eigenvalue weighted by Gasteiger charge is 2.30. The lowest BCUT2D eigenvalue weighted by Gasteiger charge is -2.17. The van der Waals surface area contributed by atoms with Gasteiger partial charge in [-0.1, -0.05) is 42.5 Å². The Hall–Kier alpha value is -2.91. The molecule has 3 rings (SSSR count). The van der Waals surface area contributed by atoms with Crippen molar-refractivity contribution in [1.82, 2.24) is 9.62 Å². The molecule has 0 aliphatic heterocycles. The van der Waals surface area contributed by atoms with Crippen LogP contribution in [0, 0.1) is 0 Å². The number of nitrogens with zero attached hydrogens (tertiary/aromatic N) is 1. The largest absolute Gasteiger partial charge is 0.416 e. The number of nitrogens with one attached hydrogen (secondary N) is 1. The van der Waals surface area contributed by atoms with Crippen LogP contribution in [0.4, 0.5) is 13.2 Å². The van der Waals surface area contributed by atoms with Crippen LogP contribution in [0.2, 0.25) is 0 Å². The first-order valence-corrected chi connectivity index (χ1v) is 10.4. The molecule has 0 atom stereocenters. The van der Waals surface area contributed by atoms with Gasteiger partial charge in [0.05, 0.1) is 17.0 Å². The third kappa shape index (κ3) is 4.98. The fraction of sp³-hybridized carbons (Fsp3) is 0.190. The Morgan fingerprint density at radius 2 is 1.60 bits per heavy atom. The molecule has 0 saturated carbocycles. The van der Waals surface area contributed by atoms with E-state index in [-0.39, 0.29) is 11.4 Å². The molecule has 9 heteroatoms. The number of halogens is 3. The number of hydrogen-bond donors (Lipinski definition) is 1. The molecule has 1 N–H and O–H groups in total. The van der Waals surface area contributed by atoms with Gasteiger partial charge in [-0.2, -0.15) is 17.5 Å². The van der Waals surface area contributed by atoms with Crippen molar-refractivity contribution in [3.8, 4) is 0 Å². The van der Waals surface area contributed by atoms with Crippen molar-refractivity contribution >= 4 is 26.7 Å². The Labute approximate surface area is 172 Å². The van der Waals surface area contributed by atoms with Gasteiger partial charge in [-0.15, -0.1) is 0 Å². The van der Waals surface area contributed by atoms with E-state index in [0.29, 0.717) is 5.56 Å². The van der Waals surface area contributed by atoms with Crippen molar-refractivity contribution in [2.45, 2.75) is 17.6 Å². The Kier molecular flexibility index (Phi) is 6.14. The first-order chi connectivity index (χ1) is 14.1. The molecule has 0 unspecified atom stereocenters. The standard InChI is InChI=1S/C21H19F3N2O3S/c1-26(30(28,29)19-11-8-16-4-2-3-5-17(16)12-19)14-20(27)25-13-15-6-9-18(10-7-15)21(22,23)24/h2-12H,13-14H2,1H3,(H,25,27). The van der Waals surface area contributed by atoms with Crippen molar-refractivity contribution in [2.75, 3.05) is 13.6 Å². The fourth-order valence-electron chi connectivity index (χ4n) is 2.86. The predicted molar refractivity (Wildman–Crippen MR) is 107 cm³/mol. The molecule has 3 aromatic rings. The summed E-state index contributed by atoms with van der Waals surface area (Å²) in [6.45, 7) is -0.434. The minimum absolute atomic E-state index is 0.0131. The van der Waals surface area contributed by atoms with Gasteiger partial charge in [-0.05, 0) is 40.6 Å². The molecule has 30 heavy (non-hydrogen) atoms. The summed E-state index contributed by atoms with van der Waals surface area (Å²) in [5.74, 6) is -0.568. The van der Waals surface area contributed by atoms with Crippen LogP contribution in [0.3, 0.4) is 0 Å². The molecule has 1 amide bonds. The van der Waals surface area contributed by atoms with Crippen LogP contribution in [0.15, 0.2) is 71.6 Å². The predicted octanol–water partition coefficient (Wildman–Crippen LogP) is 3.80. The highest BCUT2D eigenvalue weighted by Crippen LogP contribution is 2.29. The fourth-order valence-corrected chi connectivity index (χ4v) is 4.03. The van der Waals surface area contributed by atoms with Gasteiger partial charge in [-0.25, -0.2) is 8.42 Å². The molecular weight excluding hydrogens is 417 g/mol.